The average Bonchev–Trinajstić information content (AvgIpc) is 3.02. The number of aliphatic hydroxyl groups is 8. The summed E-state index contributed by atoms with van der Waals surface area (Å²) < 4.78 is 0. The normalized spacial score (nSPS) is 60.6. The van der Waals surface area contributed by atoms with E-state index in [0.29, 0.717) is 0 Å². The summed E-state index contributed by atoms with van der Waals surface area (Å²) in [5.74, 6) is -5.87. The first-order valence-corrected chi connectivity index (χ1v) is 9.88. The fourth-order valence-corrected chi connectivity index (χ4v) is 6.96. The molecule has 0 heterocycles. The van der Waals surface area contributed by atoms with E-state index in [2.05, 4.69) is 0 Å². The van der Waals surface area contributed by atoms with Crippen molar-refractivity contribution in [3.8, 4) is 0 Å². The summed E-state index contributed by atoms with van der Waals surface area (Å²) in [7, 11) is 0. The molecule has 9 heteroatoms. The highest BCUT2D eigenvalue weighted by Gasteiger charge is 2.87. The maximum absolute atomic E-state index is 12.8. The molecule has 0 spiro atoms. The van der Waals surface area contributed by atoms with Crippen molar-refractivity contribution in [2.24, 2.45) is 29.1 Å². The van der Waals surface area contributed by atoms with E-state index < -0.39 is 82.2 Å². The summed E-state index contributed by atoms with van der Waals surface area (Å²) in [5.41, 5.74) is -10.3. The summed E-state index contributed by atoms with van der Waals surface area (Å²) in [6, 6.07) is 0. The summed E-state index contributed by atoms with van der Waals surface area (Å²) in [6.07, 6.45) is -4.51. The molecule has 0 bridgehead atoms. The van der Waals surface area contributed by atoms with Gasteiger partial charge in [-0.25, -0.2) is 0 Å². The van der Waals surface area contributed by atoms with Crippen molar-refractivity contribution in [3.63, 3.8) is 0 Å². The minimum Gasteiger partial charge on any atom is -0.393 e. The second kappa shape index (κ2) is 5.46. The van der Waals surface area contributed by atoms with Gasteiger partial charge >= 0.3 is 0 Å². The Balaban J connectivity index is 2.04. The lowest BCUT2D eigenvalue weighted by Crippen LogP contribution is -2.67. The molecule has 11 atom stereocenters. The van der Waals surface area contributed by atoms with Gasteiger partial charge in [0.2, 0.25) is 0 Å². The Morgan fingerprint density at radius 1 is 1.03 bits per heavy atom. The lowest BCUT2D eigenvalue weighted by Gasteiger charge is -2.53. The topological polar surface area (TPSA) is 179 Å². The minimum atomic E-state index is -2.75. The van der Waals surface area contributed by atoms with Crippen LogP contribution in [0.1, 0.15) is 27.7 Å². The fourth-order valence-electron chi connectivity index (χ4n) is 6.96. The van der Waals surface area contributed by atoms with Crippen LogP contribution in [0.4, 0.5) is 0 Å². The quantitative estimate of drug-likeness (QED) is 0.223. The number of aliphatic hydroxyl groups excluding tert-OH is 4. The van der Waals surface area contributed by atoms with Gasteiger partial charge in [0.05, 0.1) is 24.4 Å². The molecule has 0 amide bonds. The monoisotopic (exact) mass is 414 g/mol. The molecule has 0 aromatic rings. The van der Waals surface area contributed by atoms with Crippen molar-refractivity contribution < 1.29 is 45.6 Å². The molecular formula is C20H30O9. The molecule has 164 valence electrons. The first kappa shape index (κ1) is 21.3. The molecule has 0 saturated heterocycles. The second-order valence-electron chi connectivity index (χ2n) is 10.1. The molecule has 4 rings (SSSR count). The number of hydrogen-bond donors (Lipinski definition) is 8. The van der Waals surface area contributed by atoms with E-state index >= 15 is 0 Å². The van der Waals surface area contributed by atoms with Gasteiger partial charge in [-0.05, 0) is 12.5 Å². The summed E-state index contributed by atoms with van der Waals surface area (Å²) in [6.45, 7) is 4.88. The highest BCUT2D eigenvalue weighted by molar-refractivity contribution is 6.05. The first-order valence-electron chi connectivity index (χ1n) is 9.88. The predicted octanol–water partition coefficient (Wildman–Crippen LogP) is -2.93. The van der Waals surface area contributed by atoms with Crippen LogP contribution in [-0.4, -0.2) is 94.0 Å². The molecule has 0 radical (unpaired) electrons. The van der Waals surface area contributed by atoms with Crippen molar-refractivity contribution in [1.29, 1.82) is 0 Å². The average molecular weight is 414 g/mol. The zero-order valence-electron chi connectivity index (χ0n) is 16.8. The van der Waals surface area contributed by atoms with E-state index in [-0.39, 0.29) is 5.57 Å². The van der Waals surface area contributed by atoms with Gasteiger partial charge in [-0.1, -0.05) is 26.8 Å². The first-order chi connectivity index (χ1) is 13.1. The molecule has 8 N–H and O–H groups in total. The lowest BCUT2D eigenvalue weighted by molar-refractivity contribution is -0.237. The number of Topliss-reactive ketones (excluding diaryl/α,β-unsaturated/α-hetero) is 1. The Labute approximate surface area is 167 Å². The van der Waals surface area contributed by atoms with Crippen LogP contribution in [-0.2, 0) is 4.79 Å². The van der Waals surface area contributed by atoms with Crippen LogP contribution in [0.2, 0.25) is 0 Å². The molecule has 4 aliphatic rings. The minimum absolute atomic E-state index is 0.0398. The maximum atomic E-state index is 12.8. The lowest BCUT2D eigenvalue weighted by atomic mass is 9.58. The maximum Gasteiger partial charge on any atom is 0.193 e. The Morgan fingerprint density at radius 3 is 2.10 bits per heavy atom. The molecule has 0 aromatic heterocycles. The van der Waals surface area contributed by atoms with Gasteiger partial charge in [0.15, 0.2) is 11.4 Å². The predicted molar refractivity (Wildman–Crippen MR) is 97.1 cm³/mol. The Bertz CT molecular complexity index is 810. The smallest absolute Gasteiger partial charge is 0.193 e. The van der Waals surface area contributed by atoms with Crippen molar-refractivity contribution in [3.05, 3.63) is 11.6 Å². The van der Waals surface area contributed by atoms with Gasteiger partial charge in [-0.15, -0.1) is 0 Å². The third-order valence-corrected chi connectivity index (χ3v) is 8.85. The van der Waals surface area contributed by atoms with Crippen LogP contribution in [0.25, 0.3) is 0 Å². The third kappa shape index (κ3) is 1.89. The molecule has 11 unspecified atom stereocenters. The van der Waals surface area contributed by atoms with E-state index in [1.54, 1.807) is 13.8 Å². The number of rotatable bonds is 1. The zero-order chi connectivity index (χ0) is 22.1. The number of carbonyl (C=O) groups is 1. The Hall–Kier alpha value is -0.910. The van der Waals surface area contributed by atoms with Crippen molar-refractivity contribution in [2.45, 2.75) is 68.4 Å². The van der Waals surface area contributed by atoms with Crippen LogP contribution in [0.15, 0.2) is 11.6 Å². The van der Waals surface area contributed by atoms with Gasteiger partial charge in [0.25, 0.3) is 0 Å². The van der Waals surface area contributed by atoms with Crippen molar-refractivity contribution in [1.82, 2.24) is 0 Å². The summed E-state index contributed by atoms with van der Waals surface area (Å²) >= 11 is 0. The molecule has 0 aliphatic heterocycles. The van der Waals surface area contributed by atoms with Crippen LogP contribution in [0.5, 0.6) is 0 Å². The Kier molecular flexibility index (Phi) is 4.02. The van der Waals surface area contributed by atoms with E-state index in [4.69, 9.17) is 0 Å². The van der Waals surface area contributed by atoms with Crippen molar-refractivity contribution >= 4 is 5.78 Å². The van der Waals surface area contributed by atoms with Crippen LogP contribution in [0, 0.1) is 29.1 Å². The molecule has 3 saturated carbocycles. The molecule has 3 fully saturated rings. The van der Waals surface area contributed by atoms with Gasteiger partial charge in [-0.3, -0.25) is 4.79 Å². The highest BCUT2D eigenvalue weighted by atomic mass is 16.4. The van der Waals surface area contributed by atoms with Gasteiger partial charge < -0.3 is 40.9 Å². The van der Waals surface area contributed by atoms with Crippen LogP contribution < -0.4 is 0 Å². The van der Waals surface area contributed by atoms with Gasteiger partial charge in [0, 0.05) is 29.1 Å². The number of hydrogen-bond acceptors (Lipinski definition) is 9. The largest absolute Gasteiger partial charge is 0.393 e. The number of ketones is 1. The van der Waals surface area contributed by atoms with Gasteiger partial charge in [0.1, 0.15) is 17.3 Å². The molecule has 29 heavy (non-hydrogen) atoms. The van der Waals surface area contributed by atoms with E-state index in [9.17, 15) is 45.6 Å². The summed E-state index contributed by atoms with van der Waals surface area (Å²) in [5, 5.41) is 88.4. The zero-order valence-corrected chi connectivity index (χ0v) is 16.8. The number of fused-ring (bicyclic) bond motifs is 5. The summed E-state index contributed by atoms with van der Waals surface area (Å²) in [4.78, 5) is 12.8. The number of carbonyl (C=O) groups excluding carboxylic acids is 1. The molecular weight excluding hydrogens is 384 g/mol. The van der Waals surface area contributed by atoms with E-state index in [0.717, 1.165) is 0 Å². The van der Waals surface area contributed by atoms with Crippen LogP contribution in [0.3, 0.4) is 0 Å². The van der Waals surface area contributed by atoms with Gasteiger partial charge in [-0.2, -0.15) is 0 Å². The van der Waals surface area contributed by atoms with E-state index in [1.165, 1.54) is 19.9 Å². The molecule has 4 aliphatic carbocycles. The SMILES string of the molecule is CC1=CC2C(O)(C1=O)C(O)C(O)(CO)C(O)C1C3C(C)(C)C3(O)C(O)C(C)C12O. The van der Waals surface area contributed by atoms with E-state index in [1.807, 2.05) is 0 Å². The molecule has 0 aromatic carbocycles. The Morgan fingerprint density at radius 2 is 1.59 bits per heavy atom. The third-order valence-electron chi connectivity index (χ3n) is 8.85. The van der Waals surface area contributed by atoms with Crippen molar-refractivity contribution in [2.75, 3.05) is 6.61 Å². The second-order valence-corrected chi connectivity index (χ2v) is 10.1. The fraction of sp³-hybridized carbons (Fsp3) is 0.850. The standard InChI is InChI=1S/C20H30O9/c1-7-5-9-18(27)8(2)13(23)20(29)11(16(20,3)4)10(18)14(24)17(26,6-21)15(25)19(9,28)12(7)22/h5,8-11,13-15,21,23-29H,6H2,1-4H3. The highest BCUT2D eigenvalue weighted by Crippen LogP contribution is 2.75. The van der Waals surface area contributed by atoms with Crippen LogP contribution >= 0.6 is 0 Å². The molecule has 9 nitrogen and oxygen atoms in total.